The number of carbonyl (C=O) groups excluding carboxylic acids is 3. The first-order chi connectivity index (χ1) is 26.0. The average molecular weight is 741 g/mol. The largest absolute Gasteiger partial charge is 0.462 e. The van der Waals surface area contributed by atoms with Crippen LogP contribution in [-0.4, -0.2) is 37.2 Å². The quantitative estimate of drug-likeness (QED) is 0.0271. The van der Waals surface area contributed by atoms with Gasteiger partial charge >= 0.3 is 17.9 Å². The highest BCUT2D eigenvalue weighted by Crippen LogP contribution is 2.13. The molecule has 0 aromatic rings. The molecule has 0 saturated heterocycles. The lowest BCUT2D eigenvalue weighted by Gasteiger charge is -2.18. The van der Waals surface area contributed by atoms with Gasteiger partial charge in [0, 0.05) is 19.3 Å². The summed E-state index contributed by atoms with van der Waals surface area (Å²) in [5.41, 5.74) is 0. The number of allylic oxidation sites excluding steroid dienone is 10. The first-order valence-electron chi connectivity index (χ1n) is 21.8. The molecule has 6 heteroatoms. The van der Waals surface area contributed by atoms with Crippen molar-refractivity contribution in [3.63, 3.8) is 0 Å². The fourth-order valence-corrected chi connectivity index (χ4v) is 5.71. The van der Waals surface area contributed by atoms with Crippen molar-refractivity contribution in [1.82, 2.24) is 0 Å². The van der Waals surface area contributed by atoms with Crippen LogP contribution in [0.4, 0.5) is 0 Å². The molecule has 0 amide bonds. The van der Waals surface area contributed by atoms with Crippen LogP contribution in [0.2, 0.25) is 0 Å². The van der Waals surface area contributed by atoms with Crippen molar-refractivity contribution in [2.75, 3.05) is 13.2 Å². The lowest BCUT2D eigenvalue weighted by molar-refractivity contribution is -0.167. The highest BCUT2D eigenvalue weighted by molar-refractivity contribution is 5.71. The first-order valence-corrected chi connectivity index (χ1v) is 21.8. The fraction of sp³-hybridized carbons (Fsp3) is 0.723. The van der Waals surface area contributed by atoms with Crippen molar-refractivity contribution in [3.05, 3.63) is 60.8 Å². The fourth-order valence-electron chi connectivity index (χ4n) is 5.71. The van der Waals surface area contributed by atoms with Crippen molar-refractivity contribution < 1.29 is 28.6 Å². The molecule has 0 rings (SSSR count). The van der Waals surface area contributed by atoms with E-state index in [-0.39, 0.29) is 31.1 Å². The monoisotopic (exact) mass is 741 g/mol. The Hall–Kier alpha value is -2.89. The molecule has 0 aliphatic carbocycles. The Balaban J connectivity index is 4.41. The smallest absolute Gasteiger partial charge is 0.306 e. The summed E-state index contributed by atoms with van der Waals surface area (Å²) in [5, 5.41) is 0. The first kappa shape index (κ1) is 50.1. The molecule has 0 aromatic carbocycles. The van der Waals surface area contributed by atoms with E-state index in [0.29, 0.717) is 19.3 Å². The Bertz CT molecular complexity index is 991. The zero-order valence-electron chi connectivity index (χ0n) is 34.5. The summed E-state index contributed by atoms with van der Waals surface area (Å²) >= 11 is 0. The highest BCUT2D eigenvalue weighted by Gasteiger charge is 2.19. The van der Waals surface area contributed by atoms with Gasteiger partial charge in [-0.2, -0.15) is 0 Å². The molecule has 0 heterocycles. The Labute approximate surface area is 326 Å². The van der Waals surface area contributed by atoms with Gasteiger partial charge in [-0.3, -0.25) is 14.4 Å². The Morgan fingerprint density at radius 3 is 1.25 bits per heavy atom. The summed E-state index contributed by atoms with van der Waals surface area (Å²) in [7, 11) is 0. The Morgan fingerprint density at radius 1 is 0.396 bits per heavy atom. The summed E-state index contributed by atoms with van der Waals surface area (Å²) in [4.78, 5) is 37.6. The molecule has 0 fully saturated rings. The van der Waals surface area contributed by atoms with Crippen LogP contribution in [0.15, 0.2) is 60.8 Å². The SMILES string of the molecule is CC/C=C\C/C=C\C/C=C\C/C=C\CCCCCC(=O)OCC(COC(=O)CCCCCCCCCCC)OC(=O)CCCCCC/C=C\CCCC. The summed E-state index contributed by atoms with van der Waals surface area (Å²) in [5.74, 6) is -0.944. The van der Waals surface area contributed by atoms with Crippen molar-refractivity contribution >= 4 is 17.9 Å². The number of ether oxygens (including phenoxy) is 3. The van der Waals surface area contributed by atoms with Gasteiger partial charge < -0.3 is 14.2 Å². The zero-order valence-corrected chi connectivity index (χ0v) is 34.5. The van der Waals surface area contributed by atoms with Crippen LogP contribution in [-0.2, 0) is 28.6 Å². The van der Waals surface area contributed by atoms with E-state index in [4.69, 9.17) is 14.2 Å². The Kier molecular flexibility index (Phi) is 39.6. The maximum Gasteiger partial charge on any atom is 0.306 e. The minimum Gasteiger partial charge on any atom is -0.462 e. The number of carbonyl (C=O) groups is 3. The van der Waals surface area contributed by atoms with Crippen molar-refractivity contribution in [2.45, 2.75) is 207 Å². The lowest BCUT2D eigenvalue weighted by Crippen LogP contribution is -2.30. The molecule has 304 valence electrons. The van der Waals surface area contributed by atoms with E-state index >= 15 is 0 Å². The van der Waals surface area contributed by atoms with Crippen LogP contribution in [0.25, 0.3) is 0 Å². The number of unbranched alkanes of at least 4 members (excludes halogenated alkanes) is 17. The van der Waals surface area contributed by atoms with Crippen LogP contribution >= 0.6 is 0 Å². The summed E-state index contributed by atoms with van der Waals surface area (Å²) in [6.45, 7) is 6.40. The van der Waals surface area contributed by atoms with Crippen LogP contribution < -0.4 is 0 Å². The average Bonchev–Trinajstić information content (AvgIpc) is 3.15. The normalized spacial score (nSPS) is 12.6. The molecule has 0 saturated carbocycles. The number of hydrogen-bond donors (Lipinski definition) is 0. The van der Waals surface area contributed by atoms with Gasteiger partial charge in [-0.25, -0.2) is 0 Å². The molecule has 0 aromatic heterocycles. The van der Waals surface area contributed by atoms with E-state index < -0.39 is 6.10 Å². The zero-order chi connectivity index (χ0) is 38.7. The molecule has 0 radical (unpaired) electrons. The maximum atomic E-state index is 12.6. The predicted octanol–water partition coefficient (Wildman–Crippen LogP) is 13.7. The molecule has 0 aliphatic rings. The third kappa shape index (κ3) is 40.1. The second-order valence-corrected chi connectivity index (χ2v) is 14.2. The van der Waals surface area contributed by atoms with Gasteiger partial charge in [0.25, 0.3) is 0 Å². The minimum absolute atomic E-state index is 0.0888. The van der Waals surface area contributed by atoms with Crippen LogP contribution in [0.1, 0.15) is 201 Å². The predicted molar refractivity (Wildman–Crippen MR) is 224 cm³/mol. The molecular weight excluding hydrogens is 661 g/mol. The minimum atomic E-state index is -0.787. The second-order valence-electron chi connectivity index (χ2n) is 14.2. The van der Waals surface area contributed by atoms with Crippen molar-refractivity contribution in [3.8, 4) is 0 Å². The summed E-state index contributed by atoms with van der Waals surface area (Å²) < 4.78 is 16.6. The topological polar surface area (TPSA) is 78.9 Å². The van der Waals surface area contributed by atoms with Gasteiger partial charge in [0.2, 0.25) is 0 Å². The van der Waals surface area contributed by atoms with E-state index in [1.54, 1.807) is 0 Å². The highest BCUT2D eigenvalue weighted by atomic mass is 16.6. The third-order valence-electron chi connectivity index (χ3n) is 9.01. The van der Waals surface area contributed by atoms with E-state index in [1.807, 2.05) is 0 Å². The van der Waals surface area contributed by atoms with E-state index in [9.17, 15) is 14.4 Å². The van der Waals surface area contributed by atoms with E-state index in [1.165, 1.54) is 51.4 Å². The maximum absolute atomic E-state index is 12.6. The number of hydrogen-bond acceptors (Lipinski definition) is 6. The van der Waals surface area contributed by atoms with Crippen LogP contribution in [0.5, 0.6) is 0 Å². The molecule has 0 N–H and O–H groups in total. The van der Waals surface area contributed by atoms with Gasteiger partial charge in [-0.1, -0.05) is 165 Å². The molecule has 0 spiro atoms. The van der Waals surface area contributed by atoms with Gasteiger partial charge in [-0.15, -0.1) is 0 Å². The summed E-state index contributed by atoms with van der Waals surface area (Å²) in [6, 6.07) is 0. The van der Waals surface area contributed by atoms with Crippen molar-refractivity contribution in [2.24, 2.45) is 0 Å². The molecule has 53 heavy (non-hydrogen) atoms. The molecule has 0 aliphatic heterocycles. The molecule has 1 atom stereocenters. The van der Waals surface area contributed by atoms with Gasteiger partial charge in [0.05, 0.1) is 0 Å². The lowest BCUT2D eigenvalue weighted by atomic mass is 10.1. The van der Waals surface area contributed by atoms with E-state index in [2.05, 4.69) is 81.5 Å². The number of rotatable bonds is 38. The molecule has 1 unspecified atom stereocenters. The van der Waals surface area contributed by atoms with Gasteiger partial charge in [-0.05, 0) is 77.0 Å². The van der Waals surface area contributed by atoms with Crippen LogP contribution in [0.3, 0.4) is 0 Å². The Morgan fingerprint density at radius 2 is 0.755 bits per heavy atom. The van der Waals surface area contributed by atoms with Crippen LogP contribution in [0, 0.1) is 0 Å². The number of esters is 3. The van der Waals surface area contributed by atoms with Gasteiger partial charge in [0.1, 0.15) is 13.2 Å². The van der Waals surface area contributed by atoms with Crippen molar-refractivity contribution in [1.29, 1.82) is 0 Å². The molecule has 6 nitrogen and oxygen atoms in total. The molecule has 0 bridgehead atoms. The molecular formula is C47H80O6. The standard InChI is InChI=1S/C47H80O6/c1-4-7-10-13-16-19-21-22-23-24-25-26-29-31-34-37-40-46(49)52-43-44(42-51-45(48)39-36-33-30-27-18-15-12-9-6-3)53-47(50)41-38-35-32-28-20-17-14-11-8-5-2/h7,10,14,16-17,19,22-23,25-26,44H,4-6,8-9,11-13,15,18,20-21,24,27-43H2,1-3H3/b10-7-,17-14-,19-16-,23-22-,26-25-. The summed E-state index contributed by atoms with van der Waals surface area (Å²) in [6.07, 6.45) is 49.2. The van der Waals surface area contributed by atoms with E-state index in [0.717, 1.165) is 109 Å². The third-order valence-corrected chi connectivity index (χ3v) is 9.01. The second kappa shape index (κ2) is 41.9. The van der Waals surface area contributed by atoms with Gasteiger partial charge in [0.15, 0.2) is 6.10 Å².